The topological polar surface area (TPSA) is 122 Å². The number of aromatic amines is 2. The summed E-state index contributed by atoms with van der Waals surface area (Å²) in [4.78, 5) is 28.7. The minimum absolute atomic E-state index is 0.0495. The monoisotopic (exact) mass is 525 g/mol. The van der Waals surface area contributed by atoms with Gasteiger partial charge in [-0.25, -0.2) is 0 Å². The smallest absolute Gasteiger partial charge is 0.274 e. The second kappa shape index (κ2) is 9.43. The Morgan fingerprint density at radius 2 is 1.79 bits per heavy atom. The number of phenolic OH excluding ortho intramolecular Hbond substituents is 1. The fourth-order valence-corrected chi connectivity index (χ4v) is 4.99. The van der Waals surface area contributed by atoms with Gasteiger partial charge in [-0.3, -0.25) is 19.4 Å². The molecular weight excluding hydrogens is 498 g/mol. The SMILES string of the molecule is COc1cc(-c2c3oc4c(O)c(=O)ccc4c3[nH]c3c2c(=O)[nH]n3C(C)C)ccc1OCCc1ccccc1. The van der Waals surface area contributed by atoms with Crippen molar-refractivity contribution in [2.24, 2.45) is 0 Å². The van der Waals surface area contributed by atoms with E-state index >= 15 is 0 Å². The molecule has 0 unspecified atom stereocenters. The van der Waals surface area contributed by atoms with E-state index < -0.39 is 11.2 Å². The number of nitrogens with zero attached hydrogens (tertiary/aromatic N) is 1. The van der Waals surface area contributed by atoms with Crippen LogP contribution in [-0.2, 0) is 6.42 Å². The number of furan rings is 1. The molecule has 0 saturated heterocycles. The van der Waals surface area contributed by atoms with Crippen LogP contribution < -0.4 is 20.5 Å². The molecule has 0 fully saturated rings. The average Bonchev–Trinajstić information content (AvgIpc) is 3.48. The largest absolute Gasteiger partial charge is 0.502 e. The summed E-state index contributed by atoms with van der Waals surface area (Å²) in [5.41, 5.74) is 3.00. The van der Waals surface area contributed by atoms with Gasteiger partial charge in [-0.15, -0.1) is 0 Å². The number of ether oxygens (including phenoxy) is 2. The molecule has 0 spiro atoms. The lowest BCUT2D eigenvalue weighted by Crippen LogP contribution is -2.07. The number of methoxy groups -OCH3 is 1. The molecule has 6 aromatic rings. The Morgan fingerprint density at radius 3 is 2.54 bits per heavy atom. The van der Waals surface area contributed by atoms with Gasteiger partial charge in [0.05, 0.1) is 24.6 Å². The van der Waals surface area contributed by atoms with Crippen molar-refractivity contribution < 1.29 is 19.0 Å². The summed E-state index contributed by atoms with van der Waals surface area (Å²) in [7, 11) is 1.56. The number of nitrogens with one attached hydrogen (secondary N) is 2. The lowest BCUT2D eigenvalue weighted by atomic mass is 10.0. The quantitative estimate of drug-likeness (QED) is 0.253. The maximum Gasteiger partial charge on any atom is 0.274 e. The zero-order chi connectivity index (χ0) is 27.3. The van der Waals surface area contributed by atoms with Crippen LogP contribution in [0.1, 0.15) is 25.5 Å². The maximum absolute atomic E-state index is 13.3. The van der Waals surface area contributed by atoms with Crippen LogP contribution in [0.3, 0.4) is 0 Å². The van der Waals surface area contributed by atoms with Gasteiger partial charge < -0.3 is 24.0 Å². The molecule has 3 heterocycles. The number of aromatic hydroxyl groups is 1. The summed E-state index contributed by atoms with van der Waals surface area (Å²) >= 11 is 0. The normalized spacial score (nSPS) is 11.7. The third-order valence-corrected chi connectivity index (χ3v) is 6.90. The van der Waals surface area contributed by atoms with E-state index in [1.165, 1.54) is 11.6 Å². The second-order valence-electron chi connectivity index (χ2n) is 9.67. The maximum atomic E-state index is 13.3. The molecule has 0 aliphatic heterocycles. The first kappa shape index (κ1) is 24.4. The third-order valence-electron chi connectivity index (χ3n) is 6.90. The molecule has 0 atom stereocenters. The van der Waals surface area contributed by atoms with E-state index in [-0.39, 0.29) is 17.2 Å². The van der Waals surface area contributed by atoms with Crippen LogP contribution in [-0.4, -0.2) is 33.6 Å². The van der Waals surface area contributed by atoms with Gasteiger partial charge in [0.15, 0.2) is 22.7 Å². The molecule has 0 aliphatic carbocycles. The number of rotatable bonds is 7. The van der Waals surface area contributed by atoms with Crippen molar-refractivity contribution in [3.63, 3.8) is 0 Å². The molecule has 0 bridgehead atoms. The van der Waals surface area contributed by atoms with Gasteiger partial charge in [0.2, 0.25) is 11.2 Å². The minimum Gasteiger partial charge on any atom is -0.502 e. The highest BCUT2D eigenvalue weighted by atomic mass is 16.5. The number of phenols is 1. The van der Waals surface area contributed by atoms with Crippen LogP contribution in [0, 0.1) is 0 Å². The summed E-state index contributed by atoms with van der Waals surface area (Å²) in [5.74, 6) is 0.586. The Balaban J connectivity index is 1.54. The average molecular weight is 526 g/mol. The molecule has 0 aliphatic rings. The fourth-order valence-electron chi connectivity index (χ4n) is 4.99. The van der Waals surface area contributed by atoms with E-state index in [1.807, 2.05) is 50.2 Å². The van der Waals surface area contributed by atoms with Crippen molar-refractivity contribution >= 4 is 33.1 Å². The van der Waals surface area contributed by atoms with Gasteiger partial charge in [0.25, 0.3) is 5.56 Å². The lowest BCUT2D eigenvalue weighted by molar-refractivity contribution is 0.298. The van der Waals surface area contributed by atoms with E-state index in [0.717, 1.165) is 6.42 Å². The van der Waals surface area contributed by atoms with Crippen molar-refractivity contribution in [2.75, 3.05) is 13.7 Å². The fraction of sp³-hybridized carbons (Fsp3) is 0.200. The lowest BCUT2D eigenvalue weighted by Gasteiger charge is -2.14. The molecule has 0 saturated carbocycles. The van der Waals surface area contributed by atoms with Crippen molar-refractivity contribution in [1.82, 2.24) is 14.8 Å². The number of H-pyrrole nitrogens is 2. The Labute approximate surface area is 222 Å². The second-order valence-corrected chi connectivity index (χ2v) is 9.67. The van der Waals surface area contributed by atoms with Crippen molar-refractivity contribution in [3.8, 4) is 28.4 Å². The van der Waals surface area contributed by atoms with Crippen LogP contribution >= 0.6 is 0 Å². The molecule has 0 radical (unpaired) electrons. The van der Waals surface area contributed by atoms with E-state index in [0.29, 0.717) is 56.8 Å². The molecule has 9 heteroatoms. The van der Waals surface area contributed by atoms with Crippen LogP contribution in [0.5, 0.6) is 17.2 Å². The molecule has 0 amide bonds. The Bertz CT molecular complexity index is 1960. The van der Waals surface area contributed by atoms with Gasteiger partial charge in [-0.05, 0) is 49.2 Å². The molecule has 3 N–H and O–H groups in total. The Morgan fingerprint density at radius 1 is 1.00 bits per heavy atom. The van der Waals surface area contributed by atoms with Gasteiger partial charge in [-0.1, -0.05) is 36.4 Å². The molecule has 3 aromatic heterocycles. The van der Waals surface area contributed by atoms with Gasteiger partial charge in [-0.2, -0.15) is 0 Å². The van der Waals surface area contributed by atoms with Crippen LogP contribution in [0.2, 0.25) is 0 Å². The van der Waals surface area contributed by atoms with Gasteiger partial charge in [0.1, 0.15) is 5.65 Å². The number of benzene rings is 3. The predicted molar refractivity (Wildman–Crippen MR) is 150 cm³/mol. The van der Waals surface area contributed by atoms with E-state index in [1.54, 1.807) is 30.0 Å². The number of aromatic nitrogens is 3. The van der Waals surface area contributed by atoms with Crippen LogP contribution in [0.15, 0.2) is 74.7 Å². The Hall–Kier alpha value is -4.92. The van der Waals surface area contributed by atoms with E-state index in [9.17, 15) is 14.7 Å². The first-order chi connectivity index (χ1) is 18.9. The highest BCUT2D eigenvalue weighted by Gasteiger charge is 2.24. The number of hydrogen-bond donors (Lipinski definition) is 3. The summed E-state index contributed by atoms with van der Waals surface area (Å²) in [6.07, 6.45) is 0.740. The Kier molecular flexibility index (Phi) is 5.91. The van der Waals surface area contributed by atoms with Crippen molar-refractivity contribution in [1.29, 1.82) is 0 Å². The first-order valence-electron chi connectivity index (χ1n) is 12.7. The molecule has 9 nitrogen and oxygen atoms in total. The summed E-state index contributed by atoms with van der Waals surface area (Å²) < 4.78 is 19.5. The van der Waals surface area contributed by atoms with Gasteiger partial charge >= 0.3 is 0 Å². The molecule has 39 heavy (non-hydrogen) atoms. The molecular formula is C30H27N3O6. The minimum atomic E-state index is -0.545. The van der Waals surface area contributed by atoms with E-state index in [2.05, 4.69) is 10.1 Å². The first-order valence-corrected chi connectivity index (χ1v) is 12.7. The predicted octanol–water partition coefficient (Wildman–Crippen LogP) is 5.50. The molecule has 6 rings (SSSR count). The highest BCUT2D eigenvalue weighted by molar-refractivity contribution is 6.15. The summed E-state index contributed by atoms with van der Waals surface area (Å²) in [6.45, 7) is 4.38. The number of pyridine rings is 1. The van der Waals surface area contributed by atoms with Crippen LogP contribution in [0.25, 0.3) is 44.2 Å². The zero-order valence-electron chi connectivity index (χ0n) is 21.7. The summed E-state index contributed by atoms with van der Waals surface area (Å²) in [6, 6.07) is 18.3. The third kappa shape index (κ3) is 4.03. The van der Waals surface area contributed by atoms with Crippen LogP contribution in [0.4, 0.5) is 0 Å². The van der Waals surface area contributed by atoms with Crippen molar-refractivity contribution in [3.05, 3.63) is 86.8 Å². The standard InChI is InChI=1S/C30H27N3O6/c1-16(2)33-29-24(30(36)32-33)23(28-25(31-29)19-10-11-20(34)26(35)27(19)39-28)18-9-12-21(22(15-18)37-3)38-14-13-17-7-5-4-6-8-17/h4-12,15-16,31,35H,13-14H2,1-3H3,(H,32,36). The number of hydrogen-bond acceptors (Lipinski definition) is 6. The molecule has 3 aromatic carbocycles. The number of fused-ring (bicyclic) bond motifs is 4. The van der Waals surface area contributed by atoms with E-state index in [4.69, 9.17) is 13.9 Å². The zero-order valence-corrected chi connectivity index (χ0v) is 21.7. The van der Waals surface area contributed by atoms with Gasteiger partial charge in [0, 0.05) is 23.4 Å². The van der Waals surface area contributed by atoms with Crippen molar-refractivity contribution in [2.45, 2.75) is 26.3 Å². The molecule has 198 valence electrons. The summed E-state index contributed by atoms with van der Waals surface area (Å²) in [5, 5.41) is 14.3. The highest BCUT2D eigenvalue weighted by Crippen LogP contribution is 2.42.